The van der Waals surface area contributed by atoms with Crippen molar-refractivity contribution in [3.05, 3.63) is 35.9 Å². The second-order valence-corrected chi connectivity index (χ2v) is 4.80. The van der Waals surface area contributed by atoms with E-state index in [0.717, 1.165) is 6.42 Å². The Labute approximate surface area is 113 Å². The summed E-state index contributed by atoms with van der Waals surface area (Å²) in [5.41, 5.74) is 0.287. The highest BCUT2D eigenvalue weighted by Crippen LogP contribution is 2.29. The third-order valence-electron chi connectivity index (χ3n) is 3.54. The number of nitriles is 1. The molecule has 1 heterocycles. The molecule has 1 amide bonds. The van der Waals surface area contributed by atoms with E-state index < -0.39 is 5.41 Å². The Kier molecular flexibility index (Phi) is 4.53. The lowest BCUT2D eigenvalue weighted by Crippen LogP contribution is -2.44. The summed E-state index contributed by atoms with van der Waals surface area (Å²) in [5, 5.41) is 12.1. The van der Waals surface area contributed by atoms with Crippen LogP contribution in [0, 0.1) is 16.7 Å². The molecule has 100 valence electrons. The van der Waals surface area contributed by atoms with Gasteiger partial charge in [-0.25, -0.2) is 0 Å². The van der Waals surface area contributed by atoms with Gasteiger partial charge in [-0.2, -0.15) is 5.26 Å². The van der Waals surface area contributed by atoms with E-state index in [1.807, 2.05) is 30.3 Å². The fourth-order valence-corrected chi connectivity index (χ4v) is 2.24. The molecule has 1 saturated heterocycles. The lowest BCUT2D eigenvalue weighted by molar-refractivity contribution is -0.132. The molecule has 4 nitrogen and oxygen atoms in total. The molecule has 19 heavy (non-hydrogen) atoms. The Morgan fingerprint density at radius 1 is 1.32 bits per heavy atom. The van der Waals surface area contributed by atoms with Gasteiger partial charge in [0.25, 0.3) is 0 Å². The topological polar surface area (TPSA) is 62.1 Å². The van der Waals surface area contributed by atoms with Crippen molar-refractivity contribution in [2.75, 3.05) is 19.8 Å². The Morgan fingerprint density at radius 3 is 2.63 bits per heavy atom. The molecule has 0 bridgehead atoms. The second kappa shape index (κ2) is 6.35. The van der Waals surface area contributed by atoms with Gasteiger partial charge in [-0.05, 0) is 24.8 Å². The first kappa shape index (κ1) is 13.6. The van der Waals surface area contributed by atoms with Gasteiger partial charge in [-0.1, -0.05) is 30.3 Å². The van der Waals surface area contributed by atoms with Crippen LogP contribution < -0.4 is 5.32 Å². The predicted molar refractivity (Wildman–Crippen MR) is 71.3 cm³/mol. The van der Waals surface area contributed by atoms with E-state index >= 15 is 0 Å². The molecule has 0 aromatic heterocycles. The van der Waals surface area contributed by atoms with Gasteiger partial charge in [0.2, 0.25) is 5.91 Å². The van der Waals surface area contributed by atoms with Gasteiger partial charge >= 0.3 is 0 Å². The van der Waals surface area contributed by atoms with E-state index in [2.05, 4.69) is 11.4 Å². The van der Waals surface area contributed by atoms with Crippen molar-refractivity contribution in [3.63, 3.8) is 0 Å². The first-order valence-corrected chi connectivity index (χ1v) is 6.58. The Bertz CT molecular complexity index is 459. The van der Waals surface area contributed by atoms with Gasteiger partial charge < -0.3 is 10.1 Å². The number of rotatable bonds is 4. The van der Waals surface area contributed by atoms with Crippen LogP contribution in [0.3, 0.4) is 0 Å². The van der Waals surface area contributed by atoms with E-state index in [4.69, 9.17) is 4.74 Å². The number of nitrogens with zero attached hydrogens (tertiary/aromatic N) is 1. The van der Waals surface area contributed by atoms with Crippen molar-refractivity contribution in [1.29, 1.82) is 5.26 Å². The summed E-state index contributed by atoms with van der Waals surface area (Å²) in [7, 11) is 0. The zero-order valence-corrected chi connectivity index (χ0v) is 10.9. The summed E-state index contributed by atoms with van der Waals surface area (Å²) in [6, 6.07) is 12.2. The standard InChI is InChI=1S/C15H18N2O2/c16-12-15(7-10-19-11-8-15)14(18)17-9-6-13-4-2-1-3-5-13/h1-5H,6-11H2,(H,17,18). The van der Waals surface area contributed by atoms with Crippen LogP contribution in [-0.4, -0.2) is 25.7 Å². The lowest BCUT2D eigenvalue weighted by Gasteiger charge is -2.29. The molecule has 1 aliphatic rings. The number of hydrogen-bond donors (Lipinski definition) is 1. The van der Waals surface area contributed by atoms with Crippen molar-refractivity contribution >= 4 is 5.91 Å². The van der Waals surface area contributed by atoms with E-state index in [1.54, 1.807) is 0 Å². The Morgan fingerprint density at radius 2 is 2.00 bits per heavy atom. The first-order valence-electron chi connectivity index (χ1n) is 6.58. The number of carbonyl (C=O) groups is 1. The Hall–Kier alpha value is -1.86. The zero-order valence-electron chi connectivity index (χ0n) is 10.9. The molecular formula is C15H18N2O2. The number of carbonyl (C=O) groups excluding carboxylic acids is 1. The summed E-state index contributed by atoms with van der Waals surface area (Å²) in [6.45, 7) is 1.53. The van der Waals surface area contributed by atoms with Gasteiger partial charge in [-0.3, -0.25) is 4.79 Å². The number of hydrogen-bond acceptors (Lipinski definition) is 3. The van der Waals surface area contributed by atoms with Crippen LogP contribution in [0.5, 0.6) is 0 Å². The number of nitrogens with one attached hydrogen (secondary N) is 1. The van der Waals surface area contributed by atoms with Crippen LogP contribution in [0.15, 0.2) is 30.3 Å². The van der Waals surface area contributed by atoms with Crippen LogP contribution in [0.1, 0.15) is 18.4 Å². The van der Waals surface area contributed by atoms with E-state index in [0.29, 0.717) is 32.6 Å². The van der Waals surface area contributed by atoms with Crippen molar-refractivity contribution in [3.8, 4) is 6.07 Å². The highest BCUT2D eigenvalue weighted by atomic mass is 16.5. The van der Waals surface area contributed by atoms with E-state index in [-0.39, 0.29) is 5.91 Å². The molecule has 4 heteroatoms. The largest absolute Gasteiger partial charge is 0.381 e. The number of amides is 1. The van der Waals surface area contributed by atoms with Crippen LogP contribution >= 0.6 is 0 Å². The minimum Gasteiger partial charge on any atom is -0.381 e. The molecule has 0 saturated carbocycles. The minimum absolute atomic E-state index is 0.158. The van der Waals surface area contributed by atoms with Crippen LogP contribution in [-0.2, 0) is 16.0 Å². The summed E-state index contributed by atoms with van der Waals surface area (Å²) in [4.78, 5) is 12.2. The molecule has 0 spiro atoms. The zero-order chi connectivity index (χ0) is 13.6. The van der Waals surface area contributed by atoms with Crippen LogP contribution in [0.2, 0.25) is 0 Å². The van der Waals surface area contributed by atoms with Gasteiger partial charge in [0.05, 0.1) is 6.07 Å². The molecule has 0 aliphatic carbocycles. The van der Waals surface area contributed by atoms with Crippen LogP contribution in [0.4, 0.5) is 0 Å². The average molecular weight is 258 g/mol. The summed E-state index contributed by atoms with van der Waals surface area (Å²) in [6.07, 6.45) is 1.76. The minimum atomic E-state index is -0.894. The number of benzene rings is 1. The third kappa shape index (κ3) is 3.33. The normalized spacial score (nSPS) is 17.4. The summed E-state index contributed by atoms with van der Waals surface area (Å²) < 4.78 is 5.22. The Balaban J connectivity index is 1.85. The van der Waals surface area contributed by atoms with Gasteiger partial charge in [0, 0.05) is 19.8 Å². The quantitative estimate of drug-likeness (QED) is 0.893. The predicted octanol–water partition coefficient (Wildman–Crippen LogP) is 1.67. The van der Waals surface area contributed by atoms with E-state index in [9.17, 15) is 10.1 Å². The second-order valence-electron chi connectivity index (χ2n) is 4.80. The highest BCUT2D eigenvalue weighted by Gasteiger charge is 2.40. The SMILES string of the molecule is N#CC1(C(=O)NCCc2ccccc2)CCOCC1. The molecule has 0 atom stereocenters. The van der Waals surface area contributed by atoms with Gasteiger partial charge in [0.15, 0.2) is 0 Å². The molecule has 1 aromatic carbocycles. The van der Waals surface area contributed by atoms with Crippen LogP contribution in [0.25, 0.3) is 0 Å². The fourth-order valence-electron chi connectivity index (χ4n) is 2.24. The summed E-state index contributed by atoms with van der Waals surface area (Å²) >= 11 is 0. The van der Waals surface area contributed by atoms with E-state index in [1.165, 1.54) is 5.56 Å². The maximum atomic E-state index is 12.2. The number of ether oxygens (including phenoxy) is 1. The summed E-state index contributed by atoms with van der Waals surface area (Å²) in [5.74, 6) is -0.158. The monoisotopic (exact) mass is 258 g/mol. The smallest absolute Gasteiger partial charge is 0.240 e. The van der Waals surface area contributed by atoms with Crippen molar-refractivity contribution in [1.82, 2.24) is 5.32 Å². The molecule has 2 rings (SSSR count). The molecule has 1 aliphatic heterocycles. The highest BCUT2D eigenvalue weighted by molar-refractivity contribution is 5.85. The lowest BCUT2D eigenvalue weighted by atomic mass is 9.81. The van der Waals surface area contributed by atoms with Crippen molar-refractivity contribution in [2.45, 2.75) is 19.3 Å². The van der Waals surface area contributed by atoms with Gasteiger partial charge in [-0.15, -0.1) is 0 Å². The van der Waals surface area contributed by atoms with Gasteiger partial charge in [0.1, 0.15) is 5.41 Å². The molecular weight excluding hydrogens is 240 g/mol. The average Bonchev–Trinajstić information content (AvgIpc) is 2.49. The molecule has 0 radical (unpaired) electrons. The molecule has 1 fully saturated rings. The first-order chi connectivity index (χ1) is 9.27. The maximum absolute atomic E-state index is 12.2. The van der Waals surface area contributed by atoms with Crippen molar-refractivity contribution < 1.29 is 9.53 Å². The third-order valence-corrected chi connectivity index (χ3v) is 3.54. The van der Waals surface area contributed by atoms with Crippen molar-refractivity contribution in [2.24, 2.45) is 5.41 Å². The molecule has 0 unspecified atom stereocenters. The molecule has 1 aromatic rings. The fraction of sp³-hybridized carbons (Fsp3) is 0.467. The maximum Gasteiger partial charge on any atom is 0.240 e. The molecule has 1 N–H and O–H groups in total.